The average Bonchev–Trinajstić information content (AvgIpc) is 2.82. The zero-order valence-electron chi connectivity index (χ0n) is 9.43. The third-order valence-electron chi connectivity index (χ3n) is 2.77. The van der Waals surface area contributed by atoms with Crippen LogP contribution < -0.4 is 5.32 Å². The van der Waals surface area contributed by atoms with Crippen LogP contribution in [0.5, 0.6) is 0 Å². The first-order valence-corrected chi connectivity index (χ1v) is 5.58. The summed E-state index contributed by atoms with van der Waals surface area (Å²) >= 11 is 0. The smallest absolute Gasteiger partial charge is 0.339 e. The van der Waals surface area contributed by atoms with Crippen molar-refractivity contribution in [3.63, 3.8) is 0 Å². The van der Waals surface area contributed by atoms with Crippen LogP contribution >= 0.6 is 0 Å². The highest BCUT2D eigenvalue weighted by atomic mass is 16.5. The van der Waals surface area contributed by atoms with Crippen molar-refractivity contribution in [2.75, 3.05) is 19.8 Å². The summed E-state index contributed by atoms with van der Waals surface area (Å²) in [6, 6.07) is 0. The SMILES string of the molecule is O=C(O)c1cncnc1CNCC1CCOC1. The third-order valence-corrected chi connectivity index (χ3v) is 2.77. The van der Waals surface area contributed by atoms with Crippen molar-refractivity contribution in [2.45, 2.75) is 13.0 Å². The number of nitrogens with one attached hydrogen (secondary N) is 1. The number of carboxylic acid groups (broad SMARTS) is 1. The predicted octanol–water partition coefficient (Wildman–Crippen LogP) is 0.301. The number of rotatable bonds is 5. The molecule has 1 aliphatic rings. The maximum absolute atomic E-state index is 10.9. The average molecular weight is 237 g/mol. The Morgan fingerprint density at radius 1 is 1.65 bits per heavy atom. The highest BCUT2D eigenvalue weighted by Crippen LogP contribution is 2.11. The third kappa shape index (κ3) is 3.21. The van der Waals surface area contributed by atoms with Gasteiger partial charge in [0.25, 0.3) is 0 Å². The van der Waals surface area contributed by atoms with E-state index in [1.165, 1.54) is 12.5 Å². The molecular weight excluding hydrogens is 222 g/mol. The molecular formula is C11H15N3O3. The van der Waals surface area contributed by atoms with Gasteiger partial charge >= 0.3 is 5.97 Å². The van der Waals surface area contributed by atoms with Gasteiger partial charge in [0, 0.05) is 25.9 Å². The molecule has 2 rings (SSSR count). The fourth-order valence-electron chi connectivity index (χ4n) is 1.81. The molecule has 6 heteroatoms. The second-order valence-corrected chi connectivity index (χ2v) is 4.05. The van der Waals surface area contributed by atoms with E-state index >= 15 is 0 Å². The molecule has 1 unspecified atom stereocenters. The van der Waals surface area contributed by atoms with Crippen molar-refractivity contribution in [2.24, 2.45) is 5.92 Å². The minimum absolute atomic E-state index is 0.155. The summed E-state index contributed by atoms with van der Waals surface area (Å²) in [5, 5.41) is 12.2. The molecule has 0 aromatic carbocycles. The van der Waals surface area contributed by atoms with Crippen molar-refractivity contribution >= 4 is 5.97 Å². The number of aromatic nitrogens is 2. The number of hydrogen-bond donors (Lipinski definition) is 2. The van der Waals surface area contributed by atoms with Crippen LogP contribution in [0.25, 0.3) is 0 Å². The molecule has 1 fully saturated rings. The Morgan fingerprint density at radius 2 is 2.53 bits per heavy atom. The monoisotopic (exact) mass is 237 g/mol. The molecule has 17 heavy (non-hydrogen) atoms. The van der Waals surface area contributed by atoms with Crippen LogP contribution in [0.3, 0.4) is 0 Å². The molecule has 0 saturated carbocycles. The summed E-state index contributed by atoms with van der Waals surface area (Å²) in [5.74, 6) is -0.475. The molecule has 2 N–H and O–H groups in total. The van der Waals surface area contributed by atoms with Gasteiger partial charge in [-0.05, 0) is 12.3 Å². The van der Waals surface area contributed by atoms with Crippen molar-refractivity contribution in [3.8, 4) is 0 Å². The molecule has 0 bridgehead atoms. The standard InChI is InChI=1S/C11H15N3O3/c15-11(16)9-4-13-7-14-10(9)5-12-3-8-1-2-17-6-8/h4,7-8,12H,1-3,5-6H2,(H,15,16). The van der Waals surface area contributed by atoms with Gasteiger partial charge in [-0.3, -0.25) is 0 Å². The Hall–Kier alpha value is -1.53. The number of nitrogens with zero attached hydrogens (tertiary/aromatic N) is 2. The Balaban J connectivity index is 1.87. The van der Waals surface area contributed by atoms with Gasteiger partial charge in [-0.25, -0.2) is 14.8 Å². The van der Waals surface area contributed by atoms with E-state index in [1.807, 2.05) is 0 Å². The van der Waals surface area contributed by atoms with E-state index in [0.29, 0.717) is 18.2 Å². The Kier molecular flexibility index (Phi) is 4.00. The minimum Gasteiger partial charge on any atom is -0.478 e. The number of hydrogen-bond acceptors (Lipinski definition) is 5. The first-order chi connectivity index (χ1) is 8.27. The van der Waals surface area contributed by atoms with E-state index < -0.39 is 5.97 Å². The Labute approximate surface area is 99.0 Å². The van der Waals surface area contributed by atoms with Crippen molar-refractivity contribution in [1.29, 1.82) is 0 Å². The van der Waals surface area contributed by atoms with Gasteiger partial charge in [0.05, 0.1) is 12.3 Å². The second kappa shape index (κ2) is 5.70. The lowest BCUT2D eigenvalue weighted by atomic mass is 10.1. The lowest BCUT2D eigenvalue weighted by Gasteiger charge is -2.09. The molecule has 1 aromatic heterocycles. The molecule has 0 radical (unpaired) electrons. The van der Waals surface area contributed by atoms with E-state index in [1.54, 1.807) is 0 Å². The molecule has 0 aliphatic carbocycles. The largest absolute Gasteiger partial charge is 0.478 e. The molecule has 6 nitrogen and oxygen atoms in total. The van der Waals surface area contributed by atoms with Crippen LogP contribution in [-0.4, -0.2) is 40.8 Å². The van der Waals surface area contributed by atoms with Crippen LogP contribution in [-0.2, 0) is 11.3 Å². The van der Waals surface area contributed by atoms with E-state index in [-0.39, 0.29) is 5.56 Å². The summed E-state index contributed by atoms with van der Waals surface area (Å²) in [5.41, 5.74) is 0.675. The highest BCUT2D eigenvalue weighted by molar-refractivity contribution is 5.88. The normalized spacial score (nSPS) is 19.4. The summed E-state index contributed by atoms with van der Waals surface area (Å²) in [6.45, 7) is 2.87. The summed E-state index contributed by atoms with van der Waals surface area (Å²) < 4.78 is 5.26. The van der Waals surface area contributed by atoms with Crippen LogP contribution in [0.4, 0.5) is 0 Å². The van der Waals surface area contributed by atoms with Gasteiger partial charge in [-0.1, -0.05) is 0 Å². The van der Waals surface area contributed by atoms with Crippen LogP contribution in [0, 0.1) is 5.92 Å². The number of carboxylic acids is 1. The second-order valence-electron chi connectivity index (χ2n) is 4.05. The van der Waals surface area contributed by atoms with E-state index in [9.17, 15) is 4.79 Å². The zero-order chi connectivity index (χ0) is 12.1. The fourth-order valence-corrected chi connectivity index (χ4v) is 1.81. The molecule has 1 atom stereocenters. The van der Waals surface area contributed by atoms with Crippen molar-refractivity contribution in [3.05, 3.63) is 23.8 Å². The van der Waals surface area contributed by atoms with Crippen molar-refractivity contribution < 1.29 is 14.6 Å². The predicted molar refractivity (Wildman–Crippen MR) is 59.6 cm³/mol. The first-order valence-electron chi connectivity index (χ1n) is 5.58. The van der Waals surface area contributed by atoms with Crippen LogP contribution in [0.15, 0.2) is 12.5 Å². The quantitative estimate of drug-likeness (QED) is 0.766. The summed E-state index contributed by atoms with van der Waals surface area (Å²) in [7, 11) is 0. The van der Waals surface area contributed by atoms with Crippen molar-refractivity contribution in [1.82, 2.24) is 15.3 Å². The van der Waals surface area contributed by atoms with E-state index in [4.69, 9.17) is 9.84 Å². The molecule has 2 heterocycles. The Morgan fingerprint density at radius 3 is 3.24 bits per heavy atom. The topological polar surface area (TPSA) is 84.3 Å². The molecule has 0 spiro atoms. The van der Waals surface area contributed by atoms with Crippen LogP contribution in [0.2, 0.25) is 0 Å². The van der Waals surface area contributed by atoms with Gasteiger partial charge < -0.3 is 15.2 Å². The molecule has 0 amide bonds. The maximum Gasteiger partial charge on any atom is 0.339 e. The van der Waals surface area contributed by atoms with E-state index in [0.717, 1.165) is 26.2 Å². The number of aromatic carboxylic acids is 1. The summed E-state index contributed by atoms with van der Waals surface area (Å²) in [4.78, 5) is 18.6. The minimum atomic E-state index is -0.994. The van der Waals surface area contributed by atoms with Gasteiger partial charge in [0.15, 0.2) is 0 Å². The fraction of sp³-hybridized carbons (Fsp3) is 0.545. The molecule has 1 aromatic rings. The zero-order valence-corrected chi connectivity index (χ0v) is 9.43. The molecule has 92 valence electrons. The first kappa shape index (κ1) is 11.9. The highest BCUT2D eigenvalue weighted by Gasteiger charge is 2.16. The summed E-state index contributed by atoms with van der Waals surface area (Å²) in [6.07, 6.45) is 3.75. The number of carbonyl (C=O) groups is 1. The van der Waals surface area contributed by atoms with Gasteiger partial charge in [0.2, 0.25) is 0 Å². The molecule has 1 aliphatic heterocycles. The Bertz CT molecular complexity index is 391. The molecule has 1 saturated heterocycles. The van der Waals surface area contributed by atoms with Gasteiger partial charge in [0.1, 0.15) is 11.9 Å². The maximum atomic E-state index is 10.9. The number of ether oxygens (including phenoxy) is 1. The lowest BCUT2D eigenvalue weighted by Crippen LogP contribution is -2.24. The van der Waals surface area contributed by atoms with Gasteiger partial charge in [-0.2, -0.15) is 0 Å². The lowest BCUT2D eigenvalue weighted by molar-refractivity contribution is 0.0694. The van der Waals surface area contributed by atoms with E-state index in [2.05, 4.69) is 15.3 Å². The van der Waals surface area contributed by atoms with Gasteiger partial charge in [-0.15, -0.1) is 0 Å². The van der Waals surface area contributed by atoms with Crippen LogP contribution in [0.1, 0.15) is 22.5 Å².